The summed E-state index contributed by atoms with van der Waals surface area (Å²) in [7, 11) is 0. The molecule has 0 aliphatic heterocycles. The van der Waals surface area contributed by atoms with E-state index in [2.05, 4.69) is 4.98 Å². The third-order valence-electron chi connectivity index (χ3n) is 2.05. The SMILES string of the molecule is Nc1ccnc(Cl)c1-c1cccc(Cl)c1. The second-order valence-electron chi connectivity index (χ2n) is 3.08. The van der Waals surface area contributed by atoms with Gasteiger partial charge in [0.25, 0.3) is 0 Å². The molecule has 1 heterocycles. The number of hydrogen-bond acceptors (Lipinski definition) is 2. The molecule has 0 atom stereocenters. The van der Waals surface area contributed by atoms with Crippen LogP contribution in [0.5, 0.6) is 0 Å². The van der Waals surface area contributed by atoms with Crippen LogP contribution < -0.4 is 5.73 Å². The average Bonchev–Trinajstić information content (AvgIpc) is 2.17. The molecule has 0 radical (unpaired) electrons. The number of pyridine rings is 1. The van der Waals surface area contributed by atoms with Gasteiger partial charge in [0, 0.05) is 22.5 Å². The fourth-order valence-corrected chi connectivity index (χ4v) is 1.84. The Balaban J connectivity index is 2.63. The zero-order valence-electron chi connectivity index (χ0n) is 7.74. The van der Waals surface area contributed by atoms with Gasteiger partial charge in [0.2, 0.25) is 0 Å². The van der Waals surface area contributed by atoms with Crippen LogP contribution >= 0.6 is 23.2 Å². The Bertz CT molecular complexity index is 477. The highest BCUT2D eigenvalue weighted by Crippen LogP contribution is 2.32. The van der Waals surface area contributed by atoms with Crippen molar-refractivity contribution in [2.75, 3.05) is 5.73 Å². The Morgan fingerprint density at radius 2 is 1.93 bits per heavy atom. The maximum absolute atomic E-state index is 5.98. The van der Waals surface area contributed by atoms with Crippen LogP contribution in [0.4, 0.5) is 5.69 Å². The fourth-order valence-electron chi connectivity index (χ4n) is 1.38. The highest BCUT2D eigenvalue weighted by molar-refractivity contribution is 6.33. The Hall–Kier alpha value is -1.25. The van der Waals surface area contributed by atoms with Gasteiger partial charge >= 0.3 is 0 Å². The van der Waals surface area contributed by atoms with Gasteiger partial charge in [-0.2, -0.15) is 0 Å². The number of halogens is 2. The minimum Gasteiger partial charge on any atom is -0.398 e. The summed E-state index contributed by atoms with van der Waals surface area (Å²) in [6.07, 6.45) is 1.58. The topological polar surface area (TPSA) is 38.9 Å². The van der Waals surface area contributed by atoms with Gasteiger partial charge < -0.3 is 5.73 Å². The summed E-state index contributed by atoms with van der Waals surface area (Å²) in [5.74, 6) is 0. The molecule has 0 bridgehead atoms. The van der Waals surface area contributed by atoms with E-state index in [0.29, 0.717) is 15.9 Å². The van der Waals surface area contributed by atoms with E-state index >= 15 is 0 Å². The lowest BCUT2D eigenvalue weighted by Gasteiger charge is -2.07. The van der Waals surface area contributed by atoms with E-state index in [9.17, 15) is 0 Å². The second-order valence-corrected chi connectivity index (χ2v) is 3.87. The maximum Gasteiger partial charge on any atom is 0.138 e. The summed E-state index contributed by atoms with van der Waals surface area (Å²) < 4.78 is 0. The highest BCUT2D eigenvalue weighted by Gasteiger charge is 2.08. The second kappa shape index (κ2) is 4.09. The van der Waals surface area contributed by atoms with Crippen LogP contribution in [-0.2, 0) is 0 Å². The van der Waals surface area contributed by atoms with Crippen LogP contribution in [0.2, 0.25) is 10.2 Å². The van der Waals surface area contributed by atoms with E-state index in [1.54, 1.807) is 24.4 Å². The number of rotatable bonds is 1. The van der Waals surface area contributed by atoms with Crippen molar-refractivity contribution in [2.24, 2.45) is 0 Å². The fraction of sp³-hybridized carbons (Fsp3) is 0. The molecule has 0 fully saturated rings. The molecular formula is C11H8Cl2N2. The normalized spacial score (nSPS) is 10.3. The third kappa shape index (κ3) is 2.06. The predicted molar refractivity (Wildman–Crippen MR) is 64.1 cm³/mol. The van der Waals surface area contributed by atoms with E-state index in [0.717, 1.165) is 11.1 Å². The molecule has 2 rings (SSSR count). The first-order valence-electron chi connectivity index (χ1n) is 4.34. The zero-order chi connectivity index (χ0) is 10.8. The number of benzene rings is 1. The van der Waals surface area contributed by atoms with E-state index in [1.807, 2.05) is 12.1 Å². The molecule has 2 aromatic rings. The predicted octanol–water partition coefficient (Wildman–Crippen LogP) is 3.64. The summed E-state index contributed by atoms with van der Waals surface area (Å²) in [5.41, 5.74) is 8.03. The molecule has 0 spiro atoms. The van der Waals surface area contributed by atoms with Gasteiger partial charge in [-0.3, -0.25) is 0 Å². The Morgan fingerprint density at radius 3 is 2.60 bits per heavy atom. The molecule has 0 amide bonds. The number of aromatic nitrogens is 1. The highest BCUT2D eigenvalue weighted by atomic mass is 35.5. The van der Waals surface area contributed by atoms with Gasteiger partial charge in [-0.05, 0) is 23.8 Å². The Morgan fingerprint density at radius 1 is 1.13 bits per heavy atom. The molecule has 0 saturated carbocycles. The van der Waals surface area contributed by atoms with Crippen molar-refractivity contribution < 1.29 is 0 Å². The van der Waals surface area contributed by atoms with Gasteiger partial charge in [0.1, 0.15) is 5.15 Å². The van der Waals surface area contributed by atoms with Crippen LogP contribution in [0.1, 0.15) is 0 Å². The summed E-state index contributed by atoms with van der Waals surface area (Å²) >= 11 is 11.9. The first kappa shape index (κ1) is 10.3. The van der Waals surface area contributed by atoms with Crippen molar-refractivity contribution in [3.05, 3.63) is 46.7 Å². The lowest BCUT2D eigenvalue weighted by Crippen LogP contribution is -1.92. The smallest absolute Gasteiger partial charge is 0.138 e. The minimum atomic E-state index is 0.386. The van der Waals surface area contributed by atoms with Gasteiger partial charge in [-0.25, -0.2) is 4.98 Å². The van der Waals surface area contributed by atoms with Crippen molar-refractivity contribution in [3.63, 3.8) is 0 Å². The van der Waals surface area contributed by atoms with Crippen molar-refractivity contribution >= 4 is 28.9 Å². The van der Waals surface area contributed by atoms with Gasteiger partial charge in [0.15, 0.2) is 0 Å². The molecule has 0 aliphatic rings. The number of nitrogens with two attached hydrogens (primary N) is 1. The van der Waals surface area contributed by atoms with Crippen molar-refractivity contribution in [3.8, 4) is 11.1 Å². The Kier molecular flexibility index (Phi) is 2.80. The molecule has 76 valence electrons. The molecule has 15 heavy (non-hydrogen) atoms. The zero-order valence-corrected chi connectivity index (χ0v) is 9.26. The molecular weight excluding hydrogens is 231 g/mol. The molecule has 0 saturated heterocycles. The standard InChI is InChI=1S/C11H8Cl2N2/c12-8-3-1-2-7(6-8)10-9(14)4-5-15-11(10)13/h1-6H,(H2,14,15). The lowest BCUT2D eigenvalue weighted by molar-refractivity contribution is 1.33. The Labute approximate surface area is 97.7 Å². The monoisotopic (exact) mass is 238 g/mol. The quantitative estimate of drug-likeness (QED) is 0.771. The van der Waals surface area contributed by atoms with Crippen molar-refractivity contribution in [2.45, 2.75) is 0 Å². The van der Waals surface area contributed by atoms with E-state index < -0.39 is 0 Å². The average molecular weight is 239 g/mol. The summed E-state index contributed by atoms with van der Waals surface area (Å²) in [6, 6.07) is 9.06. The van der Waals surface area contributed by atoms with Crippen LogP contribution in [-0.4, -0.2) is 4.98 Å². The first-order valence-corrected chi connectivity index (χ1v) is 5.10. The summed E-state index contributed by atoms with van der Waals surface area (Å²) in [6.45, 7) is 0. The van der Waals surface area contributed by atoms with Crippen molar-refractivity contribution in [1.82, 2.24) is 4.98 Å². The van der Waals surface area contributed by atoms with Gasteiger partial charge in [-0.1, -0.05) is 35.3 Å². The largest absolute Gasteiger partial charge is 0.398 e. The number of nitrogens with zero attached hydrogens (tertiary/aromatic N) is 1. The van der Waals surface area contributed by atoms with Crippen LogP contribution in [0.15, 0.2) is 36.5 Å². The van der Waals surface area contributed by atoms with E-state index in [-0.39, 0.29) is 0 Å². The molecule has 0 aliphatic carbocycles. The van der Waals surface area contributed by atoms with Crippen LogP contribution in [0.25, 0.3) is 11.1 Å². The molecule has 1 aromatic carbocycles. The van der Waals surface area contributed by atoms with Crippen molar-refractivity contribution in [1.29, 1.82) is 0 Å². The number of nitrogen functional groups attached to an aromatic ring is 1. The number of hydrogen-bond donors (Lipinski definition) is 1. The molecule has 4 heteroatoms. The molecule has 1 aromatic heterocycles. The maximum atomic E-state index is 5.98. The minimum absolute atomic E-state index is 0.386. The molecule has 2 nitrogen and oxygen atoms in total. The van der Waals surface area contributed by atoms with Gasteiger partial charge in [-0.15, -0.1) is 0 Å². The van der Waals surface area contributed by atoms with E-state index in [1.165, 1.54) is 0 Å². The summed E-state index contributed by atoms with van der Waals surface area (Å²) in [5, 5.41) is 1.03. The lowest BCUT2D eigenvalue weighted by atomic mass is 10.1. The first-order chi connectivity index (χ1) is 7.18. The molecule has 0 unspecified atom stereocenters. The third-order valence-corrected chi connectivity index (χ3v) is 2.57. The van der Waals surface area contributed by atoms with E-state index in [4.69, 9.17) is 28.9 Å². The number of anilines is 1. The van der Waals surface area contributed by atoms with Crippen LogP contribution in [0, 0.1) is 0 Å². The molecule has 2 N–H and O–H groups in total. The van der Waals surface area contributed by atoms with Crippen LogP contribution in [0.3, 0.4) is 0 Å². The van der Waals surface area contributed by atoms with Gasteiger partial charge in [0.05, 0.1) is 0 Å². The summed E-state index contributed by atoms with van der Waals surface area (Å²) in [4.78, 5) is 3.99.